The summed E-state index contributed by atoms with van der Waals surface area (Å²) >= 11 is 0. The fourth-order valence-electron chi connectivity index (χ4n) is 3.81. The molecule has 2 fully saturated rings. The number of anilines is 1. The molecule has 7 heteroatoms. The van der Waals surface area contributed by atoms with Gasteiger partial charge in [0.2, 0.25) is 0 Å². The van der Waals surface area contributed by atoms with E-state index in [0.29, 0.717) is 6.04 Å². The third-order valence-electron chi connectivity index (χ3n) is 5.15. The molecule has 2 unspecified atom stereocenters. The number of aliphatic hydroxyl groups excluding tert-OH is 1. The highest BCUT2D eigenvalue weighted by Crippen LogP contribution is 2.31. The maximum atomic E-state index is 9.26. The summed E-state index contributed by atoms with van der Waals surface area (Å²) in [4.78, 5) is 13.4. The molecule has 2 aromatic rings. The zero-order chi connectivity index (χ0) is 16.4. The Labute approximate surface area is 141 Å². The predicted octanol–water partition coefficient (Wildman–Crippen LogP) is 2.63. The van der Waals surface area contributed by atoms with Gasteiger partial charge in [0.25, 0.3) is 0 Å². The first kappa shape index (κ1) is 15.8. The summed E-state index contributed by atoms with van der Waals surface area (Å²) in [5.41, 5.74) is 1.60. The van der Waals surface area contributed by atoms with Crippen LogP contribution >= 0.6 is 0 Å². The van der Waals surface area contributed by atoms with Crippen LogP contribution in [0.5, 0.6) is 0 Å². The van der Waals surface area contributed by atoms with Gasteiger partial charge >= 0.3 is 0 Å². The first-order chi connectivity index (χ1) is 11.8. The Hall–Kier alpha value is -1.73. The standard InChI is InChI=1S/C17H25N5O2/c23-9-13-7-8-14(24-13)22-11-20-15-16(18-10-19-17(15)22)21-12-5-3-1-2-4-6-12/h10-14,23H,1-9H2,(H,18,19,21). The summed E-state index contributed by atoms with van der Waals surface area (Å²) < 4.78 is 7.82. The summed E-state index contributed by atoms with van der Waals surface area (Å²) in [6.45, 7) is 0.0621. The number of nitrogens with one attached hydrogen (secondary N) is 1. The van der Waals surface area contributed by atoms with Crippen molar-refractivity contribution < 1.29 is 9.84 Å². The van der Waals surface area contributed by atoms with Crippen molar-refractivity contribution in [1.29, 1.82) is 0 Å². The Kier molecular flexibility index (Phi) is 4.62. The van der Waals surface area contributed by atoms with Gasteiger partial charge in [0.15, 0.2) is 17.0 Å². The van der Waals surface area contributed by atoms with Crippen LogP contribution in [0.1, 0.15) is 57.6 Å². The first-order valence-corrected chi connectivity index (χ1v) is 9.05. The molecule has 1 saturated heterocycles. The number of rotatable bonds is 4. The number of nitrogens with zero attached hydrogens (tertiary/aromatic N) is 4. The number of fused-ring (bicyclic) bond motifs is 1. The Morgan fingerprint density at radius 3 is 2.67 bits per heavy atom. The van der Waals surface area contributed by atoms with Crippen molar-refractivity contribution in [1.82, 2.24) is 19.5 Å². The molecule has 130 valence electrons. The molecule has 2 aromatic heterocycles. The number of imidazole rings is 1. The molecule has 7 nitrogen and oxygen atoms in total. The molecule has 0 aromatic carbocycles. The summed E-state index contributed by atoms with van der Waals surface area (Å²) in [6.07, 6.45) is 12.5. The van der Waals surface area contributed by atoms with Gasteiger partial charge in [-0.05, 0) is 25.7 Å². The van der Waals surface area contributed by atoms with Crippen molar-refractivity contribution >= 4 is 17.0 Å². The van der Waals surface area contributed by atoms with Crippen molar-refractivity contribution in [3.8, 4) is 0 Å². The molecule has 3 heterocycles. The van der Waals surface area contributed by atoms with E-state index in [2.05, 4.69) is 20.3 Å². The van der Waals surface area contributed by atoms with Crippen LogP contribution in [-0.4, -0.2) is 43.4 Å². The van der Waals surface area contributed by atoms with E-state index in [4.69, 9.17) is 4.74 Å². The number of ether oxygens (including phenoxy) is 1. The van der Waals surface area contributed by atoms with Gasteiger partial charge in [-0.2, -0.15) is 0 Å². The van der Waals surface area contributed by atoms with E-state index in [0.717, 1.165) is 29.8 Å². The predicted molar refractivity (Wildman–Crippen MR) is 90.7 cm³/mol. The Balaban J connectivity index is 1.57. The minimum atomic E-state index is -0.104. The van der Waals surface area contributed by atoms with E-state index in [1.165, 1.54) is 38.5 Å². The zero-order valence-corrected chi connectivity index (χ0v) is 13.9. The van der Waals surface area contributed by atoms with E-state index < -0.39 is 0 Å². The summed E-state index contributed by atoms with van der Waals surface area (Å²) in [5, 5.41) is 12.8. The van der Waals surface area contributed by atoms with Crippen LogP contribution in [0.15, 0.2) is 12.7 Å². The molecular weight excluding hydrogens is 306 g/mol. The highest BCUT2D eigenvalue weighted by atomic mass is 16.5. The average Bonchev–Trinajstić information content (AvgIpc) is 3.17. The summed E-state index contributed by atoms with van der Waals surface area (Å²) in [7, 11) is 0. The molecule has 1 aliphatic carbocycles. The van der Waals surface area contributed by atoms with E-state index in [1.807, 2.05) is 4.57 Å². The summed E-state index contributed by atoms with van der Waals surface area (Å²) in [6, 6.07) is 0.470. The lowest BCUT2D eigenvalue weighted by Crippen LogP contribution is -2.19. The fourth-order valence-corrected chi connectivity index (χ4v) is 3.81. The molecule has 0 spiro atoms. The van der Waals surface area contributed by atoms with Gasteiger partial charge < -0.3 is 15.2 Å². The monoisotopic (exact) mass is 331 g/mol. The second-order valence-electron chi connectivity index (χ2n) is 6.85. The van der Waals surface area contributed by atoms with Crippen molar-refractivity contribution in [2.24, 2.45) is 0 Å². The van der Waals surface area contributed by atoms with Crippen molar-refractivity contribution in [2.75, 3.05) is 11.9 Å². The molecule has 2 aliphatic rings. The lowest BCUT2D eigenvalue weighted by atomic mass is 10.1. The minimum absolute atomic E-state index is 0.0621. The first-order valence-electron chi connectivity index (χ1n) is 9.05. The van der Waals surface area contributed by atoms with Gasteiger partial charge in [-0.3, -0.25) is 4.57 Å². The van der Waals surface area contributed by atoms with Crippen molar-refractivity contribution in [3.05, 3.63) is 12.7 Å². The topological polar surface area (TPSA) is 85.1 Å². The number of hydrogen-bond donors (Lipinski definition) is 2. The van der Waals surface area contributed by atoms with Gasteiger partial charge in [-0.1, -0.05) is 25.7 Å². The van der Waals surface area contributed by atoms with E-state index >= 15 is 0 Å². The molecular formula is C17H25N5O2. The van der Waals surface area contributed by atoms with Crippen molar-refractivity contribution in [2.45, 2.75) is 69.7 Å². The molecule has 0 bridgehead atoms. The Morgan fingerprint density at radius 2 is 1.92 bits per heavy atom. The highest BCUT2D eigenvalue weighted by molar-refractivity contribution is 5.82. The van der Waals surface area contributed by atoms with Crippen LogP contribution in [0, 0.1) is 0 Å². The van der Waals surface area contributed by atoms with Crippen LogP contribution in [0.25, 0.3) is 11.2 Å². The van der Waals surface area contributed by atoms with Gasteiger partial charge in [0, 0.05) is 6.04 Å². The lowest BCUT2D eigenvalue weighted by molar-refractivity contribution is -0.0207. The molecule has 2 N–H and O–H groups in total. The average molecular weight is 331 g/mol. The molecule has 0 amide bonds. The highest BCUT2D eigenvalue weighted by Gasteiger charge is 2.28. The van der Waals surface area contributed by atoms with Crippen LogP contribution in [-0.2, 0) is 4.74 Å². The lowest BCUT2D eigenvalue weighted by Gasteiger charge is -2.17. The Morgan fingerprint density at radius 1 is 1.08 bits per heavy atom. The number of hydrogen-bond acceptors (Lipinski definition) is 6. The van der Waals surface area contributed by atoms with Gasteiger partial charge in [0.05, 0.1) is 19.0 Å². The van der Waals surface area contributed by atoms with Crippen LogP contribution < -0.4 is 5.32 Å². The second kappa shape index (κ2) is 7.03. The van der Waals surface area contributed by atoms with Gasteiger partial charge in [0.1, 0.15) is 12.6 Å². The largest absolute Gasteiger partial charge is 0.394 e. The SMILES string of the molecule is OCC1CCC(n2cnc3c(NC4CCCCCC4)ncnc32)O1. The van der Waals surface area contributed by atoms with E-state index in [9.17, 15) is 5.11 Å². The molecule has 1 aliphatic heterocycles. The Bertz CT molecular complexity index is 681. The van der Waals surface area contributed by atoms with Gasteiger partial charge in [-0.15, -0.1) is 0 Å². The number of aromatic nitrogens is 4. The van der Waals surface area contributed by atoms with Crippen LogP contribution in [0.2, 0.25) is 0 Å². The minimum Gasteiger partial charge on any atom is -0.394 e. The third kappa shape index (κ3) is 3.10. The van der Waals surface area contributed by atoms with E-state index in [1.54, 1.807) is 12.7 Å². The molecule has 1 saturated carbocycles. The zero-order valence-electron chi connectivity index (χ0n) is 13.9. The molecule has 2 atom stereocenters. The molecule has 4 rings (SSSR count). The normalized spacial score (nSPS) is 25.9. The van der Waals surface area contributed by atoms with Gasteiger partial charge in [-0.25, -0.2) is 15.0 Å². The fraction of sp³-hybridized carbons (Fsp3) is 0.706. The quantitative estimate of drug-likeness (QED) is 0.838. The molecule has 24 heavy (non-hydrogen) atoms. The maximum absolute atomic E-state index is 9.26. The number of aliphatic hydroxyl groups is 1. The third-order valence-corrected chi connectivity index (χ3v) is 5.15. The molecule has 0 radical (unpaired) electrons. The maximum Gasteiger partial charge on any atom is 0.167 e. The van der Waals surface area contributed by atoms with Crippen LogP contribution in [0.4, 0.5) is 5.82 Å². The van der Waals surface area contributed by atoms with Crippen molar-refractivity contribution in [3.63, 3.8) is 0 Å². The van der Waals surface area contributed by atoms with Crippen LogP contribution in [0.3, 0.4) is 0 Å². The second-order valence-corrected chi connectivity index (χ2v) is 6.85. The summed E-state index contributed by atoms with van der Waals surface area (Å²) in [5.74, 6) is 0.822. The van der Waals surface area contributed by atoms with E-state index in [-0.39, 0.29) is 18.9 Å². The smallest absolute Gasteiger partial charge is 0.167 e.